The van der Waals surface area contributed by atoms with Crippen molar-refractivity contribution in [3.8, 4) is 5.75 Å². The standard InChI is InChI=1S/C18H23FN4O4/c1-18(16(25)20-17(26)21-18)4-3-15(24)23-7-5-22(6-8-23)13-9-12(19)10-14(11-13)27-2/h9-11H,3-8H2,1-2H3,(H2,20,21,25,26)/t18-/m1/s1. The molecule has 0 unspecified atom stereocenters. The Balaban J connectivity index is 1.53. The first-order chi connectivity index (χ1) is 12.8. The molecule has 0 spiro atoms. The second kappa shape index (κ2) is 7.42. The van der Waals surface area contributed by atoms with Gasteiger partial charge in [-0.05, 0) is 19.4 Å². The summed E-state index contributed by atoms with van der Waals surface area (Å²) in [5.41, 5.74) is -0.330. The normalized spacial score (nSPS) is 22.5. The number of piperazine rings is 1. The number of benzene rings is 1. The molecule has 2 heterocycles. The molecular weight excluding hydrogens is 355 g/mol. The molecule has 0 bridgehead atoms. The zero-order valence-electron chi connectivity index (χ0n) is 15.4. The third-order valence-electron chi connectivity index (χ3n) is 5.05. The van der Waals surface area contributed by atoms with Gasteiger partial charge in [-0.1, -0.05) is 0 Å². The van der Waals surface area contributed by atoms with Crippen molar-refractivity contribution in [2.45, 2.75) is 25.3 Å². The number of hydrogen-bond acceptors (Lipinski definition) is 5. The summed E-state index contributed by atoms with van der Waals surface area (Å²) in [5.74, 6) is -0.395. The number of urea groups is 1. The number of imide groups is 1. The number of amides is 4. The van der Waals surface area contributed by atoms with Gasteiger partial charge in [0.2, 0.25) is 5.91 Å². The van der Waals surface area contributed by atoms with Crippen LogP contribution in [0.1, 0.15) is 19.8 Å². The lowest BCUT2D eigenvalue weighted by molar-refractivity contribution is -0.132. The van der Waals surface area contributed by atoms with E-state index in [-0.39, 0.29) is 24.6 Å². The highest BCUT2D eigenvalue weighted by atomic mass is 19.1. The van der Waals surface area contributed by atoms with Crippen LogP contribution in [0.4, 0.5) is 14.9 Å². The Bertz CT molecular complexity index is 764. The SMILES string of the molecule is COc1cc(F)cc(N2CCN(C(=O)CC[C@@]3(C)NC(=O)NC3=O)CC2)c1. The average Bonchev–Trinajstić information content (AvgIpc) is 2.91. The Hall–Kier alpha value is -2.84. The van der Waals surface area contributed by atoms with Gasteiger partial charge in [0.25, 0.3) is 5.91 Å². The molecule has 4 amide bonds. The topological polar surface area (TPSA) is 91.0 Å². The van der Waals surface area contributed by atoms with Crippen LogP contribution in [0.3, 0.4) is 0 Å². The zero-order valence-corrected chi connectivity index (χ0v) is 15.4. The Morgan fingerprint density at radius 3 is 2.52 bits per heavy atom. The number of methoxy groups -OCH3 is 1. The van der Waals surface area contributed by atoms with Crippen LogP contribution in [-0.4, -0.2) is 61.6 Å². The van der Waals surface area contributed by atoms with E-state index < -0.39 is 17.5 Å². The molecule has 2 N–H and O–H groups in total. The van der Waals surface area contributed by atoms with E-state index in [0.717, 1.165) is 5.69 Å². The van der Waals surface area contributed by atoms with E-state index in [1.54, 1.807) is 17.9 Å². The Labute approximate surface area is 156 Å². The van der Waals surface area contributed by atoms with Gasteiger partial charge in [0.15, 0.2) is 0 Å². The minimum Gasteiger partial charge on any atom is -0.497 e. The van der Waals surface area contributed by atoms with Crippen molar-refractivity contribution in [1.29, 1.82) is 0 Å². The van der Waals surface area contributed by atoms with Gasteiger partial charge < -0.3 is 19.9 Å². The van der Waals surface area contributed by atoms with E-state index >= 15 is 0 Å². The quantitative estimate of drug-likeness (QED) is 0.742. The highest BCUT2D eigenvalue weighted by molar-refractivity contribution is 6.06. The van der Waals surface area contributed by atoms with Crippen LogP contribution in [0, 0.1) is 5.82 Å². The van der Waals surface area contributed by atoms with Crippen LogP contribution in [0.2, 0.25) is 0 Å². The molecule has 8 nitrogen and oxygen atoms in total. The lowest BCUT2D eigenvalue weighted by Gasteiger charge is -2.36. The number of carbonyl (C=O) groups excluding carboxylic acids is 3. The predicted octanol–water partition coefficient (Wildman–Crippen LogP) is 0.861. The number of nitrogens with zero attached hydrogens (tertiary/aromatic N) is 2. The van der Waals surface area contributed by atoms with Gasteiger partial charge in [-0.3, -0.25) is 14.9 Å². The van der Waals surface area contributed by atoms with Crippen molar-refractivity contribution < 1.29 is 23.5 Å². The zero-order chi connectivity index (χ0) is 19.6. The third kappa shape index (κ3) is 4.12. The fraction of sp³-hybridized carbons (Fsp3) is 0.500. The number of halogens is 1. The van der Waals surface area contributed by atoms with Crippen molar-refractivity contribution in [1.82, 2.24) is 15.5 Å². The molecule has 0 saturated carbocycles. The molecule has 0 aromatic heterocycles. The van der Waals surface area contributed by atoms with Crippen molar-refractivity contribution in [3.05, 3.63) is 24.0 Å². The van der Waals surface area contributed by atoms with Gasteiger partial charge in [0.1, 0.15) is 17.1 Å². The van der Waals surface area contributed by atoms with Gasteiger partial charge in [-0.2, -0.15) is 0 Å². The summed E-state index contributed by atoms with van der Waals surface area (Å²) in [5, 5.41) is 4.74. The van der Waals surface area contributed by atoms with Crippen molar-refractivity contribution >= 4 is 23.5 Å². The molecule has 2 fully saturated rings. The van der Waals surface area contributed by atoms with Crippen molar-refractivity contribution in [2.75, 3.05) is 38.2 Å². The molecule has 146 valence electrons. The molecule has 3 rings (SSSR count). The molecule has 2 aliphatic heterocycles. The number of ether oxygens (including phenoxy) is 1. The highest BCUT2D eigenvalue weighted by Gasteiger charge is 2.42. The second-order valence-electron chi connectivity index (χ2n) is 6.96. The monoisotopic (exact) mass is 378 g/mol. The van der Waals surface area contributed by atoms with E-state index in [9.17, 15) is 18.8 Å². The van der Waals surface area contributed by atoms with E-state index in [1.807, 2.05) is 4.90 Å². The van der Waals surface area contributed by atoms with Crippen LogP contribution in [0.25, 0.3) is 0 Å². The summed E-state index contributed by atoms with van der Waals surface area (Å²) >= 11 is 0. The lowest BCUT2D eigenvalue weighted by Crippen LogP contribution is -2.50. The summed E-state index contributed by atoms with van der Waals surface area (Å²) in [6.45, 7) is 3.77. The van der Waals surface area contributed by atoms with Crippen molar-refractivity contribution in [2.24, 2.45) is 0 Å². The van der Waals surface area contributed by atoms with Gasteiger partial charge in [0, 0.05) is 50.4 Å². The number of hydrogen-bond donors (Lipinski definition) is 2. The van der Waals surface area contributed by atoms with Gasteiger partial charge >= 0.3 is 6.03 Å². The van der Waals surface area contributed by atoms with E-state index in [4.69, 9.17) is 4.74 Å². The fourth-order valence-corrected chi connectivity index (χ4v) is 3.33. The Morgan fingerprint density at radius 2 is 1.93 bits per heavy atom. The number of nitrogens with one attached hydrogen (secondary N) is 2. The maximum absolute atomic E-state index is 13.7. The molecule has 1 aromatic rings. The van der Waals surface area contributed by atoms with E-state index in [0.29, 0.717) is 31.9 Å². The number of carbonyl (C=O) groups is 3. The predicted molar refractivity (Wildman–Crippen MR) is 96.1 cm³/mol. The molecule has 0 radical (unpaired) electrons. The lowest BCUT2D eigenvalue weighted by atomic mass is 9.96. The number of rotatable bonds is 5. The summed E-state index contributed by atoms with van der Waals surface area (Å²) < 4.78 is 18.8. The van der Waals surface area contributed by atoms with Crippen LogP contribution >= 0.6 is 0 Å². The molecule has 27 heavy (non-hydrogen) atoms. The summed E-state index contributed by atoms with van der Waals surface area (Å²) in [4.78, 5) is 39.3. The first-order valence-corrected chi connectivity index (χ1v) is 8.82. The molecule has 2 saturated heterocycles. The largest absolute Gasteiger partial charge is 0.497 e. The minimum absolute atomic E-state index is 0.0679. The Kier molecular flexibility index (Phi) is 5.20. The van der Waals surface area contributed by atoms with E-state index in [2.05, 4.69) is 10.6 Å². The first kappa shape index (κ1) is 18.9. The van der Waals surface area contributed by atoms with Gasteiger partial charge in [-0.15, -0.1) is 0 Å². The number of anilines is 1. The molecule has 9 heteroatoms. The van der Waals surface area contributed by atoms with E-state index in [1.165, 1.54) is 19.2 Å². The third-order valence-corrected chi connectivity index (χ3v) is 5.05. The fourth-order valence-electron chi connectivity index (χ4n) is 3.33. The van der Waals surface area contributed by atoms with Gasteiger partial charge in [-0.25, -0.2) is 9.18 Å². The molecule has 1 aromatic carbocycles. The summed E-state index contributed by atoms with van der Waals surface area (Å²) in [7, 11) is 1.49. The Morgan fingerprint density at radius 1 is 1.22 bits per heavy atom. The molecular formula is C18H23FN4O4. The van der Waals surface area contributed by atoms with Crippen molar-refractivity contribution in [3.63, 3.8) is 0 Å². The minimum atomic E-state index is -1.05. The average molecular weight is 378 g/mol. The summed E-state index contributed by atoms with van der Waals surface area (Å²) in [6, 6.07) is 4.00. The smallest absolute Gasteiger partial charge is 0.322 e. The van der Waals surface area contributed by atoms with Crippen LogP contribution in [0.15, 0.2) is 18.2 Å². The summed E-state index contributed by atoms with van der Waals surface area (Å²) in [6.07, 6.45) is 0.405. The van der Waals surface area contributed by atoms with Crippen LogP contribution in [0.5, 0.6) is 5.75 Å². The maximum Gasteiger partial charge on any atom is 0.322 e. The highest BCUT2D eigenvalue weighted by Crippen LogP contribution is 2.25. The van der Waals surface area contributed by atoms with Crippen LogP contribution < -0.4 is 20.3 Å². The molecule has 0 aliphatic carbocycles. The first-order valence-electron chi connectivity index (χ1n) is 8.82. The second-order valence-corrected chi connectivity index (χ2v) is 6.96. The molecule has 2 aliphatic rings. The van der Waals surface area contributed by atoms with Crippen LogP contribution in [-0.2, 0) is 9.59 Å². The van der Waals surface area contributed by atoms with Gasteiger partial charge in [0.05, 0.1) is 7.11 Å². The molecule has 1 atom stereocenters. The maximum atomic E-state index is 13.7.